The SMILES string of the molecule is COC(=O)C(NCCNC(C)=O)c1ccc(OC)cc1. The van der Waals surface area contributed by atoms with Gasteiger partial charge in [0.05, 0.1) is 14.2 Å². The lowest BCUT2D eigenvalue weighted by molar-refractivity contribution is -0.143. The van der Waals surface area contributed by atoms with Crippen molar-refractivity contribution >= 4 is 11.9 Å². The van der Waals surface area contributed by atoms with Crippen LogP contribution in [0.25, 0.3) is 0 Å². The van der Waals surface area contributed by atoms with Gasteiger partial charge in [-0.1, -0.05) is 12.1 Å². The molecule has 0 saturated carbocycles. The normalized spacial score (nSPS) is 11.6. The molecule has 0 aliphatic carbocycles. The lowest BCUT2D eigenvalue weighted by Crippen LogP contribution is -2.36. The molecular weight excluding hydrogens is 260 g/mol. The van der Waals surface area contributed by atoms with Crippen LogP contribution in [-0.2, 0) is 14.3 Å². The van der Waals surface area contributed by atoms with E-state index in [4.69, 9.17) is 9.47 Å². The first-order valence-electron chi connectivity index (χ1n) is 6.28. The summed E-state index contributed by atoms with van der Waals surface area (Å²) in [5, 5.41) is 5.70. The molecule has 0 heterocycles. The van der Waals surface area contributed by atoms with Crippen LogP contribution in [0.2, 0.25) is 0 Å². The predicted octanol–water partition coefficient (Wildman–Crippen LogP) is 0.635. The second kappa shape index (κ2) is 8.16. The van der Waals surface area contributed by atoms with Gasteiger partial charge < -0.3 is 14.8 Å². The zero-order chi connectivity index (χ0) is 15.0. The Labute approximate surface area is 118 Å². The maximum atomic E-state index is 11.8. The van der Waals surface area contributed by atoms with Gasteiger partial charge in [-0.3, -0.25) is 10.1 Å². The van der Waals surface area contributed by atoms with Gasteiger partial charge in [-0.2, -0.15) is 0 Å². The number of methoxy groups -OCH3 is 2. The van der Waals surface area contributed by atoms with Gasteiger partial charge in [-0.25, -0.2) is 4.79 Å². The number of nitrogens with one attached hydrogen (secondary N) is 2. The Balaban J connectivity index is 2.67. The molecule has 1 unspecified atom stereocenters. The number of carbonyl (C=O) groups is 2. The van der Waals surface area contributed by atoms with E-state index in [1.807, 2.05) is 0 Å². The van der Waals surface area contributed by atoms with Crippen molar-refractivity contribution in [1.82, 2.24) is 10.6 Å². The minimum Gasteiger partial charge on any atom is -0.497 e. The maximum Gasteiger partial charge on any atom is 0.327 e. The molecule has 0 aromatic heterocycles. The molecule has 20 heavy (non-hydrogen) atoms. The van der Waals surface area contributed by atoms with Crippen molar-refractivity contribution < 1.29 is 19.1 Å². The zero-order valence-corrected chi connectivity index (χ0v) is 11.9. The third-order valence-corrected chi connectivity index (χ3v) is 2.73. The highest BCUT2D eigenvalue weighted by Gasteiger charge is 2.20. The van der Waals surface area contributed by atoms with E-state index in [0.717, 1.165) is 11.3 Å². The summed E-state index contributed by atoms with van der Waals surface area (Å²) >= 11 is 0. The van der Waals surface area contributed by atoms with Gasteiger partial charge in [0.2, 0.25) is 5.91 Å². The zero-order valence-electron chi connectivity index (χ0n) is 11.9. The fourth-order valence-electron chi connectivity index (χ4n) is 1.71. The van der Waals surface area contributed by atoms with Gasteiger partial charge in [-0.15, -0.1) is 0 Å². The predicted molar refractivity (Wildman–Crippen MR) is 74.4 cm³/mol. The van der Waals surface area contributed by atoms with Crippen molar-refractivity contribution in [1.29, 1.82) is 0 Å². The molecule has 0 saturated heterocycles. The Morgan fingerprint density at radius 2 is 1.80 bits per heavy atom. The number of carbonyl (C=O) groups excluding carboxylic acids is 2. The minimum atomic E-state index is -0.570. The first kappa shape index (κ1) is 16.0. The third kappa shape index (κ3) is 4.89. The monoisotopic (exact) mass is 280 g/mol. The van der Waals surface area contributed by atoms with Gasteiger partial charge in [-0.05, 0) is 17.7 Å². The van der Waals surface area contributed by atoms with Crippen LogP contribution < -0.4 is 15.4 Å². The van der Waals surface area contributed by atoms with Crippen molar-refractivity contribution in [2.24, 2.45) is 0 Å². The largest absolute Gasteiger partial charge is 0.497 e. The molecule has 1 amide bonds. The molecule has 1 atom stereocenters. The Morgan fingerprint density at radius 3 is 2.30 bits per heavy atom. The fraction of sp³-hybridized carbons (Fsp3) is 0.429. The summed E-state index contributed by atoms with van der Waals surface area (Å²) < 4.78 is 9.86. The number of esters is 1. The molecule has 0 aliphatic rings. The van der Waals surface area contributed by atoms with Gasteiger partial charge >= 0.3 is 5.97 Å². The highest BCUT2D eigenvalue weighted by atomic mass is 16.5. The smallest absolute Gasteiger partial charge is 0.327 e. The molecule has 6 heteroatoms. The van der Waals surface area contributed by atoms with Crippen molar-refractivity contribution in [3.8, 4) is 5.75 Å². The van der Waals surface area contributed by atoms with Crippen LogP contribution in [0.4, 0.5) is 0 Å². The van der Waals surface area contributed by atoms with E-state index in [1.165, 1.54) is 14.0 Å². The molecule has 1 rings (SSSR count). The second-order valence-electron chi connectivity index (χ2n) is 4.17. The molecule has 0 spiro atoms. The van der Waals surface area contributed by atoms with Crippen LogP contribution in [0.3, 0.4) is 0 Å². The number of amides is 1. The van der Waals surface area contributed by atoms with Crippen LogP contribution in [0.5, 0.6) is 5.75 Å². The van der Waals surface area contributed by atoms with Crippen molar-refractivity contribution in [2.75, 3.05) is 27.3 Å². The van der Waals surface area contributed by atoms with Crippen LogP contribution >= 0.6 is 0 Å². The van der Waals surface area contributed by atoms with E-state index in [-0.39, 0.29) is 11.9 Å². The molecular formula is C14H20N2O4. The molecule has 0 bridgehead atoms. The van der Waals surface area contributed by atoms with E-state index in [9.17, 15) is 9.59 Å². The van der Waals surface area contributed by atoms with Crippen LogP contribution in [0, 0.1) is 0 Å². The summed E-state index contributed by atoms with van der Waals surface area (Å²) in [5.74, 6) is 0.236. The van der Waals surface area contributed by atoms with E-state index < -0.39 is 6.04 Å². The van der Waals surface area contributed by atoms with Crippen molar-refractivity contribution in [3.05, 3.63) is 29.8 Å². The summed E-state index contributed by atoms with van der Waals surface area (Å²) in [6, 6.07) is 6.58. The molecule has 0 aliphatic heterocycles. The van der Waals surface area contributed by atoms with Crippen molar-refractivity contribution in [3.63, 3.8) is 0 Å². The van der Waals surface area contributed by atoms with Crippen LogP contribution in [0.15, 0.2) is 24.3 Å². The van der Waals surface area contributed by atoms with Crippen LogP contribution in [0.1, 0.15) is 18.5 Å². The standard InChI is InChI=1S/C14H20N2O4/c1-10(17)15-8-9-16-13(14(18)20-3)11-4-6-12(19-2)7-5-11/h4-7,13,16H,8-9H2,1-3H3,(H,15,17). The topological polar surface area (TPSA) is 76.7 Å². The molecule has 1 aromatic rings. The van der Waals surface area contributed by atoms with E-state index in [2.05, 4.69) is 10.6 Å². The summed E-state index contributed by atoms with van der Waals surface area (Å²) in [4.78, 5) is 22.6. The lowest BCUT2D eigenvalue weighted by Gasteiger charge is -2.17. The first-order chi connectivity index (χ1) is 9.58. The molecule has 0 radical (unpaired) electrons. The van der Waals surface area contributed by atoms with Gasteiger partial charge in [0.1, 0.15) is 11.8 Å². The molecule has 110 valence electrons. The van der Waals surface area contributed by atoms with E-state index in [0.29, 0.717) is 13.1 Å². The van der Waals surface area contributed by atoms with Gasteiger partial charge in [0.15, 0.2) is 0 Å². The highest BCUT2D eigenvalue weighted by molar-refractivity contribution is 5.77. The Hall–Kier alpha value is -2.08. The lowest BCUT2D eigenvalue weighted by atomic mass is 10.1. The summed E-state index contributed by atoms with van der Waals surface area (Å²) in [6.45, 7) is 2.35. The number of rotatable bonds is 7. The third-order valence-electron chi connectivity index (χ3n) is 2.73. The van der Waals surface area contributed by atoms with Crippen molar-refractivity contribution in [2.45, 2.75) is 13.0 Å². The Morgan fingerprint density at radius 1 is 1.15 bits per heavy atom. The molecule has 0 fully saturated rings. The number of benzene rings is 1. The maximum absolute atomic E-state index is 11.8. The minimum absolute atomic E-state index is 0.106. The molecule has 6 nitrogen and oxygen atoms in total. The van der Waals surface area contributed by atoms with E-state index in [1.54, 1.807) is 31.4 Å². The molecule has 2 N–H and O–H groups in total. The fourth-order valence-corrected chi connectivity index (χ4v) is 1.71. The number of ether oxygens (including phenoxy) is 2. The highest BCUT2D eigenvalue weighted by Crippen LogP contribution is 2.18. The summed E-state index contributed by atoms with van der Waals surface area (Å²) in [6.07, 6.45) is 0. The Bertz CT molecular complexity index is 445. The van der Waals surface area contributed by atoms with Gasteiger partial charge in [0, 0.05) is 20.0 Å². The number of hydrogen-bond acceptors (Lipinski definition) is 5. The first-order valence-corrected chi connectivity index (χ1v) is 6.28. The van der Waals surface area contributed by atoms with Gasteiger partial charge in [0.25, 0.3) is 0 Å². The van der Waals surface area contributed by atoms with Crippen LogP contribution in [-0.4, -0.2) is 39.2 Å². The summed E-state index contributed by atoms with van der Waals surface area (Å²) in [7, 11) is 2.92. The summed E-state index contributed by atoms with van der Waals surface area (Å²) in [5.41, 5.74) is 0.778. The Kier molecular flexibility index (Phi) is 6.52. The number of hydrogen-bond donors (Lipinski definition) is 2. The van der Waals surface area contributed by atoms with E-state index >= 15 is 0 Å². The second-order valence-corrected chi connectivity index (χ2v) is 4.17. The average molecular weight is 280 g/mol. The quantitative estimate of drug-likeness (QED) is 0.566. The average Bonchev–Trinajstić information content (AvgIpc) is 2.46. The molecule has 1 aromatic carbocycles.